The van der Waals surface area contributed by atoms with Gasteiger partial charge in [-0.1, -0.05) is 61.9 Å². The van der Waals surface area contributed by atoms with Gasteiger partial charge in [0.1, 0.15) is 6.10 Å². The Morgan fingerprint density at radius 3 is 2.42 bits per heavy atom. The Morgan fingerprint density at radius 2 is 1.68 bits per heavy atom. The predicted molar refractivity (Wildman–Crippen MR) is 121 cm³/mol. The highest BCUT2D eigenvalue weighted by molar-refractivity contribution is 6.09. The molecule has 0 saturated heterocycles. The van der Waals surface area contributed by atoms with E-state index in [0.717, 1.165) is 49.7 Å². The van der Waals surface area contributed by atoms with Crippen LogP contribution in [0.25, 0.3) is 0 Å². The lowest BCUT2D eigenvalue weighted by molar-refractivity contribution is -0.148. The SMILES string of the molecule is CC(=O)O[C@H]1CC[C@]2(C)C(=CC[C@H]3[C@H]4CC=C(C(=O)c5ccccc5)[C@]4(C)CC[C@H]32)C1. The van der Waals surface area contributed by atoms with Gasteiger partial charge in [0.25, 0.3) is 0 Å². The van der Waals surface area contributed by atoms with E-state index in [4.69, 9.17) is 4.74 Å². The van der Waals surface area contributed by atoms with Crippen molar-refractivity contribution in [2.24, 2.45) is 28.6 Å². The van der Waals surface area contributed by atoms with E-state index < -0.39 is 0 Å². The molecular formula is C28H34O3. The minimum absolute atomic E-state index is 0.00919. The molecule has 0 spiro atoms. The molecule has 4 aliphatic rings. The van der Waals surface area contributed by atoms with Crippen molar-refractivity contribution in [3.63, 3.8) is 0 Å². The van der Waals surface area contributed by atoms with Crippen molar-refractivity contribution in [3.05, 3.63) is 59.2 Å². The number of hydrogen-bond donors (Lipinski definition) is 0. The number of ether oxygens (including phenoxy) is 1. The second kappa shape index (κ2) is 7.46. The highest BCUT2D eigenvalue weighted by Crippen LogP contribution is 2.65. The van der Waals surface area contributed by atoms with Crippen LogP contribution in [-0.4, -0.2) is 17.9 Å². The molecule has 0 aliphatic heterocycles. The zero-order chi connectivity index (χ0) is 21.8. The third-order valence-electron chi connectivity index (χ3n) is 9.25. The Balaban J connectivity index is 1.39. The lowest BCUT2D eigenvalue weighted by Crippen LogP contribution is -2.50. The number of esters is 1. The van der Waals surface area contributed by atoms with E-state index in [-0.39, 0.29) is 28.7 Å². The van der Waals surface area contributed by atoms with E-state index in [1.54, 1.807) is 0 Å². The minimum atomic E-state index is -0.163. The zero-order valence-corrected chi connectivity index (χ0v) is 19.0. The fourth-order valence-corrected chi connectivity index (χ4v) is 7.63. The van der Waals surface area contributed by atoms with Crippen LogP contribution in [0.1, 0.15) is 76.1 Å². The van der Waals surface area contributed by atoms with Gasteiger partial charge in [0.15, 0.2) is 5.78 Å². The second-order valence-corrected chi connectivity index (χ2v) is 10.7. The zero-order valence-electron chi connectivity index (χ0n) is 19.0. The molecule has 31 heavy (non-hydrogen) atoms. The monoisotopic (exact) mass is 418 g/mol. The fraction of sp³-hybridized carbons (Fsp3) is 0.571. The lowest BCUT2D eigenvalue weighted by atomic mass is 9.47. The number of benzene rings is 1. The second-order valence-electron chi connectivity index (χ2n) is 10.7. The fourth-order valence-electron chi connectivity index (χ4n) is 7.63. The van der Waals surface area contributed by atoms with Crippen molar-refractivity contribution in [2.75, 3.05) is 0 Å². The first-order valence-electron chi connectivity index (χ1n) is 12.0. The van der Waals surface area contributed by atoms with E-state index in [2.05, 4.69) is 26.0 Å². The molecule has 5 rings (SSSR count). The third-order valence-corrected chi connectivity index (χ3v) is 9.25. The summed E-state index contributed by atoms with van der Waals surface area (Å²) < 4.78 is 5.56. The number of fused-ring (bicyclic) bond motifs is 5. The summed E-state index contributed by atoms with van der Waals surface area (Å²) in [6.45, 7) is 6.33. The number of Topliss-reactive ketones (excluding diaryl/α,β-unsaturated/α-hetero) is 1. The summed E-state index contributed by atoms with van der Waals surface area (Å²) in [5.74, 6) is 1.92. The Kier molecular flexibility index (Phi) is 4.99. The smallest absolute Gasteiger partial charge is 0.302 e. The van der Waals surface area contributed by atoms with Crippen LogP contribution in [0.3, 0.4) is 0 Å². The van der Waals surface area contributed by atoms with E-state index in [1.807, 2.05) is 30.3 Å². The van der Waals surface area contributed by atoms with Crippen molar-refractivity contribution < 1.29 is 14.3 Å². The van der Waals surface area contributed by atoms with Crippen LogP contribution in [0.2, 0.25) is 0 Å². The number of ketones is 1. The molecule has 164 valence electrons. The Hall–Kier alpha value is -2.16. The molecule has 6 atom stereocenters. The van der Waals surface area contributed by atoms with Crippen molar-refractivity contribution in [2.45, 2.75) is 71.8 Å². The number of hydrogen-bond acceptors (Lipinski definition) is 3. The quantitative estimate of drug-likeness (QED) is 0.329. The molecule has 3 nitrogen and oxygen atoms in total. The first kappa shape index (κ1) is 20.7. The van der Waals surface area contributed by atoms with Crippen LogP contribution in [-0.2, 0) is 9.53 Å². The van der Waals surface area contributed by atoms with Gasteiger partial charge >= 0.3 is 5.97 Å². The lowest BCUT2D eigenvalue weighted by Gasteiger charge is -2.57. The number of carbonyl (C=O) groups is 2. The van der Waals surface area contributed by atoms with Gasteiger partial charge in [0.2, 0.25) is 0 Å². The molecule has 2 fully saturated rings. The summed E-state index contributed by atoms with van der Waals surface area (Å²) in [6, 6.07) is 9.78. The number of allylic oxidation sites excluding steroid dienone is 3. The van der Waals surface area contributed by atoms with Crippen LogP contribution in [0.5, 0.6) is 0 Å². The largest absolute Gasteiger partial charge is 0.462 e. The molecule has 0 radical (unpaired) electrons. The maximum absolute atomic E-state index is 13.4. The van der Waals surface area contributed by atoms with Gasteiger partial charge in [-0.15, -0.1) is 0 Å². The third kappa shape index (κ3) is 3.23. The molecule has 4 aliphatic carbocycles. The number of carbonyl (C=O) groups excluding carboxylic acids is 2. The summed E-state index contributed by atoms with van der Waals surface area (Å²) in [5.41, 5.74) is 3.60. The van der Waals surface area contributed by atoms with Gasteiger partial charge in [0, 0.05) is 24.5 Å². The molecule has 0 N–H and O–H groups in total. The predicted octanol–water partition coefficient (Wildman–Crippen LogP) is 6.30. The van der Waals surface area contributed by atoms with Crippen molar-refractivity contribution in [3.8, 4) is 0 Å². The first-order chi connectivity index (χ1) is 14.8. The molecule has 1 aromatic carbocycles. The maximum Gasteiger partial charge on any atom is 0.302 e. The molecule has 2 saturated carbocycles. The molecule has 1 aromatic rings. The van der Waals surface area contributed by atoms with Gasteiger partial charge in [-0.25, -0.2) is 0 Å². The summed E-state index contributed by atoms with van der Waals surface area (Å²) in [4.78, 5) is 24.8. The van der Waals surface area contributed by atoms with Gasteiger partial charge in [-0.2, -0.15) is 0 Å². The van der Waals surface area contributed by atoms with Crippen molar-refractivity contribution in [1.82, 2.24) is 0 Å². The van der Waals surface area contributed by atoms with Gasteiger partial charge in [0.05, 0.1) is 0 Å². The molecule has 0 unspecified atom stereocenters. The minimum Gasteiger partial charge on any atom is -0.462 e. The highest BCUT2D eigenvalue weighted by Gasteiger charge is 2.57. The molecule has 3 heteroatoms. The molecule has 0 heterocycles. The standard InChI is InChI=1S/C28H34O3/c1-18(29)31-21-13-15-27(2)20(17-21)9-10-22-23-11-12-25(28(23,3)16-14-24(22)27)26(30)19-7-5-4-6-8-19/h4-9,12,21-24H,10-11,13-17H2,1-3H3/t21-,22-,23+,24+,27+,28+/m0/s1. The molecule has 0 aromatic heterocycles. The summed E-state index contributed by atoms with van der Waals surface area (Å²) in [5, 5.41) is 0. The summed E-state index contributed by atoms with van der Waals surface area (Å²) in [6.07, 6.45) is 12.2. The van der Waals surface area contributed by atoms with Crippen molar-refractivity contribution in [1.29, 1.82) is 0 Å². The van der Waals surface area contributed by atoms with Gasteiger partial charge in [-0.3, -0.25) is 9.59 Å². The van der Waals surface area contributed by atoms with Crippen molar-refractivity contribution >= 4 is 11.8 Å². The number of rotatable bonds is 3. The average Bonchev–Trinajstić information content (AvgIpc) is 3.11. The van der Waals surface area contributed by atoms with E-state index in [9.17, 15) is 9.59 Å². The topological polar surface area (TPSA) is 43.4 Å². The Labute approximate surface area is 185 Å². The summed E-state index contributed by atoms with van der Waals surface area (Å²) in [7, 11) is 0. The Bertz CT molecular complexity index is 958. The normalized spacial score (nSPS) is 38.8. The van der Waals surface area contributed by atoms with E-state index in [1.165, 1.54) is 18.9 Å². The molecule has 0 amide bonds. The summed E-state index contributed by atoms with van der Waals surface area (Å²) >= 11 is 0. The maximum atomic E-state index is 13.4. The van der Waals surface area contributed by atoms with Gasteiger partial charge < -0.3 is 4.74 Å². The molecular weight excluding hydrogens is 384 g/mol. The van der Waals surface area contributed by atoms with E-state index >= 15 is 0 Å². The Morgan fingerprint density at radius 1 is 0.935 bits per heavy atom. The van der Waals surface area contributed by atoms with Crippen LogP contribution >= 0.6 is 0 Å². The first-order valence-corrected chi connectivity index (χ1v) is 12.0. The molecule has 0 bridgehead atoms. The van der Waals surface area contributed by atoms with Crippen LogP contribution in [0.4, 0.5) is 0 Å². The van der Waals surface area contributed by atoms with Crippen LogP contribution in [0, 0.1) is 28.6 Å². The highest BCUT2D eigenvalue weighted by atomic mass is 16.5. The van der Waals surface area contributed by atoms with Crippen LogP contribution in [0.15, 0.2) is 53.6 Å². The van der Waals surface area contributed by atoms with Gasteiger partial charge in [-0.05, 0) is 67.1 Å². The average molecular weight is 419 g/mol. The van der Waals surface area contributed by atoms with E-state index in [0.29, 0.717) is 17.8 Å². The van der Waals surface area contributed by atoms with Crippen LogP contribution < -0.4 is 0 Å².